The smallest absolute Gasteiger partial charge is 0.294 e. The van der Waals surface area contributed by atoms with Crippen LogP contribution in [-0.2, 0) is 7.05 Å². The Bertz CT molecular complexity index is 1210. The van der Waals surface area contributed by atoms with E-state index in [9.17, 15) is 4.39 Å². The largest absolute Gasteiger partial charge is 0.433 e. The summed E-state index contributed by atoms with van der Waals surface area (Å²) in [4.78, 5) is 4.61. The van der Waals surface area contributed by atoms with Crippen LogP contribution in [0.1, 0.15) is 11.1 Å². The number of ether oxygens (including phenoxy) is 1. The zero-order chi connectivity index (χ0) is 17.3. The first-order valence-corrected chi connectivity index (χ1v) is 8.25. The monoisotopic (exact) mass is 331 g/mol. The lowest BCUT2D eigenvalue weighted by molar-refractivity contribution is -0.634. The van der Waals surface area contributed by atoms with Crippen molar-refractivity contribution in [3.8, 4) is 22.9 Å². The van der Waals surface area contributed by atoms with Gasteiger partial charge in [0.25, 0.3) is 11.6 Å². The first-order chi connectivity index (χ1) is 12.0. The average Bonchev–Trinajstić information content (AvgIpc) is 2.58. The Morgan fingerprint density at radius 2 is 1.92 bits per heavy atom. The van der Waals surface area contributed by atoms with Gasteiger partial charge in [-0.3, -0.25) is 0 Å². The molecular weight excluding hydrogens is 315 g/mol. The van der Waals surface area contributed by atoms with Crippen molar-refractivity contribution in [1.29, 1.82) is 0 Å². The molecule has 3 nitrogen and oxygen atoms in total. The van der Waals surface area contributed by atoms with E-state index < -0.39 is 0 Å². The Hall–Kier alpha value is -3.01. The fourth-order valence-electron chi connectivity index (χ4n) is 3.79. The number of halogens is 1. The second kappa shape index (κ2) is 4.76. The van der Waals surface area contributed by atoms with Crippen LogP contribution < -0.4 is 9.30 Å². The van der Waals surface area contributed by atoms with E-state index in [1.807, 2.05) is 23.7 Å². The molecule has 1 aliphatic rings. The van der Waals surface area contributed by atoms with Crippen molar-refractivity contribution in [3.63, 3.8) is 0 Å². The SMILES string of the molecule is Cc1cc2cccc3c2c(c1C)-c1c(nc2cc(F)ccc2[n+]1C)O3. The number of aryl methyl sites for hydroxylation is 2. The van der Waals surface area contributed by atoms with Crippen LogP contribution >= 0.6 is 0 Å². The molecule has 0 N–H and O–H groups in total. The van der Waals surface area contributed by atoms with Gasteiger partial charge in [0.2, 0.25) is 5.52 Å². The summed E-state index contributed by atoms with van der Waals surface area (Å²) in [7, 11) is 1.98. The Balaban J connectivity index is 2.01. The van der Waals surface area contributed by atoms with Gasteiger partial charge in [0.05, 0.1) is 5.56 Å². The quantitative estimate of drug-likeness (QED) is 0.383. The van der Waals surface area contributed by atoms with Gasteiger partial charge in [0.1, 0.15) is 24.1 Å². The minimum Gasteiger partial charge on any atom is -0.433 e. The first-order valence-electron chi connectivity index (χ1n) is 8.25. The second-order valence-corrected chi connectivity index (χ2v) is 6.61. The molecule has 4 heteroatoms. The summed E-state index contributed by atoms with van der Waals surface area (Å²) in [6.45, 7) is 4.25. The number of nitrogens with zero attached hydrogens (tertiary/aromatic N) is 2. The Labute approximate surface area is 144 Å². The minimum atomic E-state index is -0.301. The number of aromatic nitrogens is 2. The van der Waals surface area contributed by atoms with Crippen molar-refractivity contribution < 1.29 is 13.7 Å². The lowest BCUT2D eigenvalue weighted by Gasteiger charge is -2.21. The van der Waals surface area contributed by atoms with Crippen LogP contribution in [-0.4, -0.2) is 4.98 Å². The molecule has 0 radical (unpaired) electrons. The Kier molecular flexibility index (Phi) is 2.73. The highest BCUT2D eigenvalue weighted by Crippen LogP contribution is 2.46. The molecule has 1 aromatic heterocycles. The highest BCUT2D eigenvalue weighted by atomic mass is 19.1. The van der Waals surface area contributed by atoms with Crippen LogP contribution in [0.3, 0.4) is 0 Å². The van der Waals surface area contributed by atoms with Crippen molar-refractivity contribution >= 4 is 21.8 Å². The number of hydrogen-bond acceptors (Lipinski definition) is 2. The molecule has 0 saturated carbocycles. The van der Waals surface area contributed by atoms with Crippen molar-refractivity contribution in [2.24, 2.45) is 7.05 Å². The van der Waals surface area contributed by atoms with Crippen LogP contribution in [0.5, 0.6) is 11.6 Å². The van der Waals surface area contributed by atoms with E-state index >= 15 is 0 Å². The predicted molar refractivity (Wildman–Crippen MR) is 95.4 cm³/mol. The first kappa shape index (κ1) is 14.3. The molecule has 0 amide bonds. The summed E-state index contributed by atoms with van der Waals surface area (Å²) < 4.78 is 21.8. The van der Waals surface area contributed by atoms with Gasteiger partial charge in [-0.05, 0) is 42.5 Å². The van der Waals surface area contributed by atoms with Crippen LogP contribution in [0.2, 0.25) is 0 Å². The zero-order valence-electron chi connectivity index (χ0n) is 14.2. The molecular formula is C21H16FN2O+. The molecule has 0 bridgehead atoms. The maximum Gasteiger partial charge on any atom is 0.294 e. The molecule has 1 aliphatic heterocycles. The predicted octanol–water partition coefficient (Wildman–Crippen LogP) is 4.74. The van der Waals surface area contributed by atoms with E-state index in [0.717, 1.165) is 33.3 Å². The van der Waals surface area contributed by atoms with Gasteiger partial charge in [-0.25, -0.2) is 9.37 Å². The topological polar surface area (TPSA) is 26.0 Å². The third kappa shape index (κ3) is 1.85. The maximum absolute atomic E-state index is 13.7. The van der Waals surface area contributed by atoms with Gasteiger partial charge in [0, 0.05) is 17.5 Å². The van der Waals surface area contributed by atoms with Gasteiger partial charge in [-0.15, -0.1) is 0 Å². The van der Waals surface area contributed by atoms with E-state index in [2.05, 4.69) is 31.0 Å². The summed E-state index contributed by atoms with van der Waals surface area (Å²) in [5.41, 5.74) is 5.98. The fraction of sp³-hybridized carbons (Fsp3) is 0.143. The lowest BCUT2D eigenvalue weighted by Crippen LogP contribution is -2.34. The van der Waals surface area contributed by atoms with Gasteiger partial charge in [-0.1, -0.05) is 18.2 Å². The second-order valence-electron chi connectivity index (χ2n) is 6.61. The molecule has 0 fully saturated rings. The zero-order valence-corrected chi connectivity index (χ0v) is 14.2. The molecule has 5 rings (SSSR count). The van der Waals surface area contributed by atoms with Crippen LogP contribution in [0.15, 0.2) is 42.5 Å². The molecule has 122 valence electrons. The number of rotatable bonds is 0. The normalized spacial score (nSPS) is 12.3. The van der Waals surface area contributed by atoms with Gasteiger partial charge in [-0.2, -0.15) is 4.57 Å². The molecule has 0 saturated heterocycles. The molecule has 2 heterocycles. The number of hydrogen-bond donors (Lipinski definition) is 0. The van der Waals surface area contributed by atoms with Crippen molar-refractivity contribution in [2.45, 2.75) is 13.8 Å². The lowest BCUT2D eigenvalue weighted by atomic mass is 9.91. The molecule has 3 aromatic carbocycles. The number of benzene rings is 3. The maximum atomic E-state index is 13.7. The molecule has 0 unspecified atom stereocenters. The summed E-state index contributed by atoms with van der Waals surface area (Å²) in [6.07, 6.45) is 0. The van der Waals surface area contributed by atoms with Crippen molar-refractivity contribution in [1.82, 2.24) is 4.98 Å². The van der Waals surface area contributed by atoms with Crippen LogP contribution in [0.25, 0.3) is 33.1 Å². The van der Waals surface area contributed by atoms with E-state index in [1.165, 1.54) is 23.3 Å². The van der Waals surface area contributed by atoms with E-state index in [4.69, 9.17) is 4.74 Å². The van der Waals surface area contributed by atoms with E-state index in [0.29, 0.717) is 11.4 Å². The standard InChI is InChI=1S/C21H16FN2O/c1-11-9-13-5-4-6-17-19(13)18(12(11)2)20-21(25-17)23-15-10-14(22)7-8-16(15)24(20)3/h4-10H,1-3H3/q+1. The third-order valence-electron chi connectivity index (χ3n) is 5.15. The van der Waals surface area contributed by atoms with Gasteiger partial charge < -0.3 is 4.74 Å². The van der Waals surface area contributed by atoms with Gasteiger partial charge >= 0.3 is 0 Å². The molecule has 0 aliphatic carbocycles. The summed E-state index contributed by atoms with van der Waals surface area (Å²) in [5, 5.41) is 2.26. The van der Waals surface area contributed by atoms with Gasteiger partial charge in [0.15, 0.2) is 0 Å². The fourth-order valence-corrected chi connectivity index (χ4v) is 3.79. The molecule has 0 spiro atoms. The Morgan fingerprint density at radius 3 is 2.76 bits per heavy atom. The molecule has 0 atom stereocenters. The van der Waals surface area contributed by atoms with Crippen molar-refractivity contribution in [3.05, 3.63) is 59.4 Å². The summed E-state index contributed by atoms with van der Waals surface area (Å²) >= 11 is 0. The van der Waals surface area contributed by atoms with Crippen molar-refractivity contribution in [2.75, 3.05) is 0 Å². The highest BCUT2D eigenvalue weighted by molar-refractivity contribution is 6.04. The van der Waals surface area contributed by atoms with E-state index in [1.54, 1.807) is 6.07 Å². The number of fused-ring (bicyclic) bond motifs is 3. The van der Waals surface area contributed by atoms with E-state index in [-0.39, 0.29) is 5.82 Å². The summed E-state index contributed by atoms with van der Waals surface area (Å²) in [5.74, 6) is 1.02. The minimum absolute atomic E-state index is 0.301. The highest BCUT2D eigenvalue weighted by Gasteiger charge is 2.32. The average molecular weight is 331 g/mol. The molecule has 25 heavy (non-hydrogen) atoms. The van der Waals surface area contributed by atoms with Crippen LogP contribution in [0.4, 0.5) is 4.39 Å². The third-order valence-corrected chi connectivity index (χ3v) is 5.15. The Morgan fingerprint density at radius 1 is 1.08 bits per heavy atom. The molecule has 4 aromatic rings. The summed E-state index contributed by atoms with van der Waals surface area (Å²) in [6, 6.07) is 12.9. The van der Waals surface area contributed by atoms with Crippen LogP contribution in [0, 0.1) is 19.7 Å².